The number of likely N-dealkylation sites (tertiary alicyclic amines) is 1. The summed E-state index contributed by atoms with van der Waals surface area (Å²) in [6, 6.07) is 22.5. The molecular formula is C29H28BrN3O4S. The van der Waals surface area contributed by atoms with Gasteiger partial charge in [-0.25, -0.2) is 0 Å². The number of β-amino-alcohol motifs (C(OH)–C–C–N with tert-alkyl or cyclic N) is 1. The smallest absolute Gasteiger partial charge is 0.248 e. The number of rotatable bonds is 7. The Kier molecular flexibility index (Phi) is 6.70. The molecule has 38 heavy (non-hydrogen) atoms. The number of benzene rings is 3. The van der Waals surface area contributed by atoms with E-state index < -0.39 is 22.6 Å². The Balaban J connectivity index is 1.29. The zero-order valence-electron chi connectivity index (χ0n) is 20.5. The third-order valence-electron chi connectivity index (χ3n) is 8.01. The van der Waals surface area contributed by atoms with E-state index in [0.717, 1.165) is 16.3 Å². The molecule has 3 aliphatic heterocycles. The molecule has 6 rings (SSSR count). The summed E-state index contributed by atoms with van der Waals surface area (Å²) in [5.41, 5.74) is 1.63. The SMILES string of the molecule is O=C(Nc1ccc2ccccc2c1)C1N(CCO)C(=O)[C@@H]2[C@H](C(=O)NCc3ccccc3)[C@H]3SC12CC3Br. The molecule has 1 spiro atoms. The van der Waals surface area contributed by atoms with Gasteiger partial charge in [-0.2, -0.15) is 0 Å². The molecule has 6 atom stereocenters. The molecule has 0 aromatic heterocycles. The predicted octanol–water partition coefficient (Wildman–Crippen LogP) is 3.55. The number of fused-ring (bicyclic) bond motifs is 2. The Morgan fingerprint density at radius 1 is 1.03 bits per heavy atom. The van der Waals surface area contributed by atoms with E-state index in [1.54, 1.807) is 11.8 Å². The third kappa shape index (κ3) is 4.12. The standard InChI is InChI=1S/C29H28BrN3O4S/c30-21-15-29-23(22(24(21)38-29)26(35)31-16-17-6-2-1-3-7-17)28(37)33(12-13-34)25(29)27(36)32-20-11-10-18-8-4-5-9-19(18)14-20/h1-11,14,21-25,34H,12-13,15-16H2,(H,31,35)(H,32,36)/t21?,22-,23-,24-,25?,29?/m0/s1. The van der Waals surface area contributed by atoms with Crippen LogP contribution in [-0.4, -0.2) is 61.7 Å². The zero-order valence-corrected chi connectivity index (χ0v) is 23.0. The fourth-order valence-corrected chi connectivity index (χ4v) is 10.1. The first kappa shape index (κ1) is 25.4. The number of hydrogen-bond donors (Lipinski definition) is 3. The second kappa shape index (κ2) is 10.0. The molecule has 3 aromatic carbocycles. The van der Waals surface area contributed by atoms with Crippen molar-refractivity contribution in [3.63, 3.8) is 0 Å². The van der Waals surface area contributed by atoms with Crippen molar-refractivity contribution in [3.05, 3.63) is 78.4 Å². The maximum Gasteiger partial charge on any atom is 0.248 e. The second-order valence-electron chi connectivity index (χ2n) is 10.2. The topological polar surface area (TPSA) is 98.7 Å². The van der Waals surface area contributed by atoms with Gasteiger partial charge in [0.25, 0.3) is 0 Å². The van der Waals surface area contributed by atoms with Crippen LogP contribution in [0.2, 0.25) is 0 Å². The Bertz CT molecular complexity index is 1400. The van der Waals surface area contributed by atoms with Crippen LogP contribution in [0.5, 0.6) is 0 Å². The first-order chi connectivity index (χ1) is 18.4. The molecule has 3 fully saturated rings. The van der Waals surface area contributed by atoms with Gasteiger partial charge < -0.3 is 20.6 Å². The molecule has 2 bridgehead atoms. The summed E-state index contributed by atoms with van der Waals surface area (Å²) in [4.78, 5) is 42.7. The average molecular weight is 595 g/mol. The van der Waals surface area contributed by atoms with Crippen molar-refractivity contribution < 1.29 is 19.5 Å². The highest BCUT2D eigenvalue weighted by atomic mass is 79.9. The predicted molar refractivity (Wildman–Crippen MR) is 152 cm³/mol. The maximum absolute atomic E-state index is 13.9. The van der Waals surface area contributed by atoms with Gasteiger partial charge in [0.2, 0.25) is 17.7 Å². The third-order valence-corrected chi connectivity index (χ3v) is 11.2. The number of carbonyl (C=O) groups is 3. The molecule has 0 saturated carbocycles. The van der Waals surface area contributed by atoms with Crippen LogP contribution in [0.15, 0.2) is 72.8 Å². The van der Waals surface area contributed by atoms with Crippen molar-refractivity contribution in [2.24, 2.45) is 11.8 Å². The molecule has 7 nitrogen and oxygen atoms in total. The summed E-state index contributed by atoms with van der Waals surface area (Å²) < 4.78 is -0.749. The Morgan fingerprint density at radius 3 is 2.53 bits per heavy atom. The van der Waals surface area contributed by atoms with Gasteiger partial charge in [-0.05, 0) is 34.9 Å². The van der Waals surface area contributed by atoms with Crippen LogP contribution in [-0.2, 0) is 20.9 Å². The van der Waals surface area contributed by atoms with E-state index in [9.17, 15) is 19.5 Å². The van der Waals surface area contributed by atoms with Crippen molar-refractivity contribution in [1.82, 2.24) is 10.2 Å². The van der Waals surface area contributed by atoms with Gasteiger partial charge >= 0.3 is 0 Å². The minimum atomic E-state index is -0.791. The monoisotopic (exact) mass is 593 g/mol. The van der Waals surface area contributed by atoms with E-state index >= 15 is 0 Å². The Morgan fingerprint density at radius 2 is 1.76 bits per heavy atom. The van der Waals surface area contributed by atoms with Gasteiger partial charge in [-0.3, -0.25) is 14.4 Å². The summed E-state index contributed by atoms with van der Waals surface area (Å²) in [5.74, 6) is -1.88. The Hall–Kier alpha value is -2.88. The van der Waals surface area contributed by atoms with Gasteiger partial charge in [-0.15, -0.1) is 11.8 Å². The number of carbonyl (C=O) groups excluding carboxylic acids is 3. The van der Waals surface area contributed by atoms with Gasteiger partial charge in [0, 0.05) is 28.9 Å². The molecule has 3 unspecified atom stereocenters. The molecule has 3 N–H and O–H groups in total. The molecule has 3 amide bonds. The normalized spacial score (nSPS) is 29.5. The van der Waals surface area contributed by atoms with Crippen LogP contribution in [0.3, 0.4) is 0 Å². The number of nitrogens with one attached hydrogen (secondary N) is 2. The molecule has 0 aliphatic carbocycles. The lowest BCUT2D eigenvalue weighted by Crippen LogP contribution is -2.53. The number of thioether (sulfide) groups is 1. The van der Waals surface area contributed by atoms with Crippen molar-refractivity contribution in [3.8, 4) is 0 Å². The number of nitrogens with zero attached hydrogens (tertiary/aromatic N) is 1. The number of aliphatic hydroxyl groups excluding tert-OH is 1. The number of halogens is 1. The second-order valence-corrected chi connectivity index (χ2v) is 12.9. The first-order valence-electron chi connectivity index (χ1n) is 12.8. The summed E-state index contributed by atoms with van der Waals surface area (Å²) in [5, 5.41) is 17.8. The van der Waals surface area contributed by atoms with E-state index in [0.29, 0.717) is 18.7 Å². The number of alkyl halides is 1. The van der Waals surface area contributed by atoms with E-state index in [4.69, 9.17) is 0 Å². The van der Waals surface area contributed by atoms with E-state index in [1.807, 2.05) is 72.8 Å². The lowest BCUT2D eigenvalue weighted by atomic mass is 9.70. The average Bonchev–Trinajstić information content (AvgIpc) is 3.51. The minimum absolute atomic E-state index is 0.00549. The lowest BCUT2D eigenvalue weighted by molar-refractivity contribution is -0.139. The van der Waals surface area contributed by atoms with Crippen molar-refractivity contribution >= 4 is 61.9 Å². The highest BCUT2D eigenvalue weighted by molar-refractivity contribution is 9.09. The molecule has 196 valence electrons. The van der Waals surface area contributed by atoms with E-state index in [1.165, 1.54) is 4.90 Å². The zero-order chi connectivity index (χ0) is 26.4. The van der Waals surface area contributed by atoms with E-state index in [2.05, 4.69) is 26.6 Å². The molecule has 3 aliphatic rings. The van der Waals surface area contributed by atoms with Crippen LogP contribution in [0.25, 0.3) is 10.8 Å². The van der Waals surface area contributed by atoms with Crippen molar-refractivity contribution in [2.75, 3.05) is 18.5 Å². The van der Waals surface area contributed by atoms with Gasteiger partial charge in [0.1, 0.15) is 6.04 Å². The van der Waals surface area contributed by atoms with Crippen LogP contribution in [0.4, 0.5) is 5.69 Å². The number of hydrogen-bond acceptors (Lipinski definition) is 5. The number of amides is 3. The molecule has 3 heterocycles. The summed E-state index contributed by atoms with van der Waals surface area (Å²) in [6.07, 6.45) is 0.596. The molecular weight excluding hydrogens is 566 g/mol. The largest absolute Gasteiger partial charge is 0.395 e. The summed E-state index contributed by atoms with van der Waals surface area (Å²) >= 11 is 5.36. The van der Waals surface area contributed by atoms with Crippen LogP contribution >= 0.6 is 27.7 Å². The highest BCUT2D eigenvalue weighted by Crippen LogP contribution is 2.67. The fraction of sp³-hybridized carbons (Fsp3) is 0.345. The van der Waals surface area contributed by atoms with Gasteiger partial charge in [0.05, 0.1) is 23.2 Å². The fourth-order valence-electron chi connectivity index (χ4n) is 6.46. The summed E-state index contributed by atoms with van der Waals surface area (Å²) in [6.45, 7) is 0.162. The number of aliphatic hydroxyl groups is 1. The molecule has 0 radical (unpaired) electrons. The first-order valence-corrected chi connectivity index (χ1v) is 14.6. The van der Waals surface area contributed by atoms with Crippen LogP contribution in [0.1, 0.15) is 12.0 Å². The molecule has 9 heteroatoms. The van der Waals surface area contributed by atoms with Gasteiger partial charge in [0.15, 0.2) is 0 Å². The highest BCUT2D eigenvalue weighted by Gasteiger charge is 2.75. The van der Waals surface area contributed by atoms with Gasteiger partial charge in [-0.1, -0.05) is 76.6 Å². The molecule has 3 aromatic rings. The van der Waals surface area contributed by atoms with Crippen LogP contribution in [0, 0.1) is 11.8 Å². The molecule has 3 saturated heterocycles. The van der Waals surface area contributed by atoms with Crippen molar-refractivity contribution in [2.45, 2.75) is 33.8 Å². The quantitative estimate of drug-likeness (QED) is 0.364. The van der Waals surface area contributed by atoms with Crippen molar-refractivity contribution in [1.29, 1.82) is 0 Å². The Labute approximate surface area is 233 Å². The number of anilines is 1. The van der Waals surface area contributed by atoms with E-state index in [-0.39, 0.29) is 41.0 Å². The minimum Gasteiger partial charge on any atom is -0.395 e. The summed E-state index contributed by atoms with van der Waals surface area (Å²) in [7, 11) is 0. The lowest BCUT2D eigenvalue weighted by Gasteiger charge is -2.35. The van der Waals surface area contributed by atoms with Crippen LogP contribution < -0.4 is 10.6 Å². The maximum atomic E-state index is 13.9.